The molecule has 1 aromatic heterocycles. The van der Waals surface area contributed by atoms with Gasteiger partial charge in [-0.05, 0) is 19.3 Å². The van der Waals surface area contributed by atoms with Crippen LogP contribution in [0.3, 0.4) is 0 Å². The van der Waals surface area contributed by atoms with Crippen LogP contribution in [0.1, 0.15) is 19.3 Å². The summed E-state index contributed by atoms with van der Waals surface area (Å²) in [6, 6.07) is 1.82. The molecule has 2 fully saturated rings. The first-order chi connectivity index (χ1) is 11.4. The van der Waals surface area contributed by atoms with Gasteiger partial charge < -0.3 is 15.3 Å². The second kappa shape index (κ2) is 7.10. The maximum Gasteiger partial charge on any atom is 0.401 e. The molecule has 6 nitrogen and oxygen atoms in total. The molecule has 1 aromatic rings. The Morgan fingerprint density at radius 3 is 2.83 bits per heavy atom. The number of halogens is 3. The van der Waals surface area contributed by atoms with Crippen LogP contribution in [0.15, 0.2) is 12.4 Å². The van der Waals surface area contributed by atoms with Crippen LogP contribution < -0.4 is 10.2 Å². The molecule has 3 heterocycles. The van der Waals surface area contributed by atoms with Crippen LogP contribution in [-0.2, 0) is 0 Å². The summed E-state index contributed by atoms with van der Waals surface area (Å²) in [7, 11) is 0. The molecule has 0 saturated carbocycles. The number of hydrogen-bond donors (Lipinski definition) is 2. The first kappa shape index (κ1) is 17.2. The van der Waals surface area contributed by atoms with Gasteiger partial charge in [0.05, 0.1) is 19.2 Å². The van der Waals surface area contributed by atoms with Gasteiger partial charge in [-0.2, -0.15) is 13.2 Å². The number of alkyl halides is 3. The normalized spacial score (nSPS) is 25.4. The fourth-order valence-electron chi connectivity index (χ4n) is 3.47. The molecule has 9 heteroatoms. The summed E-state index contributed by atoms with van der Waals surface area (Å²) in [6.45, 7) is 0.827. The second-order valence-corrected chi connectivity index (χ2v) is 6.41. The Hall–Kier alpha value is -1.61. The molecule has 3 rings (SSSR count). The van der Waals surface area contributed by atoms with Gasteiger partial charge in [0.15, 0.2) is 0 Å². The molecule has 2 aliphatic heterocycles. The van der Waals surface area contributed by atoms with Gasteiger partial charge in [0.1, 0.15) is 18.0 Å². The molecule has 0 aliphatic carbocycles. The van der Waals surface area contributed by atoms with Crippen molar-refractivity contribution in [3.05, 3.63) is 12.4 Å². The predicted octanol–water partition coefficient (Wildman–Crippen LogP) is 1.49. The molecule has 134 valence electrons. The van der Waals surface area contributed by atoms with E-state index in [2.05, 4.69) is 20.2 Å². The molecule has 2 N–H and O–H groups in total. The van der Waals surface area contributed by atoms with Crippen LogP contribution in [0.2, 0.25) is 0 Å². The van der Waals surface area contributed by atoms with Gasteiger partial charge >= 0.3 is 6.18 Å². The number of aliphatic hydroxyl groups excluding tert-OH is 1. The Labute approximate surface area is 138 Å². The van der Waals surface area contributed by atoms with E-state index < -0.39 is 12.7 Å². The molecule has 2 aliphatic rings. The van der Waals surface area contributed by atoms with E-state index in [9.17, 15) is 18.3 Å². The molecule has 0 spiro atoms. The van der Waals surface area contributed by atoms with Crippen LogP contribution >= 0.6 is 0 Å². The molecule has 2 saturated heterocycles. The van der Waals surface area contributed by atoms with Crippen molar-refractivity contribution in [3.63, 3.8) is 0 Å². The number of aromatic nitrogens is 2. The number of nitrogens with zero attached hydrogens (tertiary/aromatic N) is 4. The molecule has 0 unspecified atom stereocenters. The van der Waals surface area contributed by atoms with Crippen LogP contribution in [0.5, 0.6) is 0 Å². The predicted molar refractivity (Wildman–Crippen MR) is 84.0 cm³/mol. The lowest BCUT2D eigenvalue weighted by molar-refractivity contribution is -0.143. The number of rotatable bonds is 5. The fourth-order valence-corrected chi connectivity index (χ4v) is 3.47. The molecule has 0 bridgehead atoms. The largest absolute Gasteiger partial charge is 0.401 e. The van der Waals surface area contributed by atoms with Crippen molar-refractivity contribution < 1.29 is 18.3 Å². The minimum Gasteiger partial charge on any atom is -0.394 e. The average Bonchev–Trinajstić information content (AvgIpc) is 3.15. The zero-order valence-corrected chi connectivity index (χ0v) is 13.3. The van der Waals surface area contributed by atoms with Crippen molar-refractivity contribution in [3.8, 4) is 0 Å². The number of aliphatic hydroxyl groups is 1. The van der Waals surface area contributed by atoms with E-state index in [1.807, 2.05) is 0 Å². The van der Waals surface area contributed by atoms with E-state index in [0.717, 1.165) is 25.2 Å². The SMILES string of the molecule is OC[C@H]1CCCN1c1cc(N[C@@H]2CCN(CC(F)(F)F)C2)ncn1. The summed E-state index contributed by atoms with van der Waals surface area (Å²) in [6.07, 6.45) is -0.122. The van der Waals surface area contributed by atoms with Gasteiger partial charge in [0.25, 0.3) is 0 Å². The van der Waals surface area contributed by atoms with E-state index in [-0.39, 0.29) is 18.7 Å². The summed E-state index contributed by atoms with van der Waals surface area (Å²) >= 11 is 0. The summed E-state index contributed by atoms with van der Waals surface area (Å²) in [5, 5.41) is 12.6. The van der Waals surface area contributed by atoms with Crippen molar-refractivity contribution in [2.75, 3.05) is 43.0 Å². The quantitative estimate of drug-likeness (QED) is 0.843. The highest BCUT2D eigenvalue weighted by Gasteiger charge is 2.34. The van der Waals surface area contributed by atoms with E-state index in [0.29, 0.717) is 25.3 Å². The monoisotopic (exact) mass is 345 g/mol. The summed E-state index contributed by atoms with van der Waals surface area (Å²) in [5.74, 6) is 1.36. The third-order valence-electron chi connectivity index (χ3n) is 4.56. The minimum atomic E-state index is -4.16. The van der Waals surface area contributed by atoms with Gasteiger partial charge in [-0.25, -0.2) is 9.97 Å². The van der Waals surface area contributed by atoms with Crippen LogP contribution in [0.25, 0.3) is 0 Å². The van der Waals surface area contributed by atoms with Gasteiger partial charge in [-0.1, -0.05) is 0 Å². The van der Waals surface area contributed by atoms with Crippen molar-refractivity contribution >= 4 is 11.6 Å². The smallest absolute Gasteiger partial charge is 0.394 e. The molecule has 0 amide bonds. The topological polar surface area (TPSA) is 64.5 Å². The van der Waals surface area contributed by atoms with Crippen molar-refractivity contribution in [1.29, 1.82) is 0 Å². The summed E-state index contributed by atoms with van der Waals surface area (Å²) < 4.78 is 37.3. The van der Waals surface area contributed by atoms with Gasteiger partial charge in [-0.15, -0.1) is 0 Å². The Morgan fingerprint density at radius 1 is 1.25 bits per heavy atom. The van der Waals surface area contributed by atoms with Crippen LogP contribution in [-0.4, -0.2) is 71.0 Å². The molecule has 0 radical (unpaired) electrons. The Kier molecular flexibility index (Phi) is 5.09. The highest BCUT2D eigenvalue weighted by Crippen LogP contribution is 2.26. The highest BCUT2D eigenvalue weighted by molar-refractivity contribution is 5.50. The maximum absolute atomic E-state index is 12.4. The van der Waals surface area contributed by atoms with Crippen molar-refractivity contribution in [2.24, 2.45) is 0 Å². The maximum atomic E-state index is 12.4. The number of anilines is 2. The van der Waals surface area contributed by atoms with E-state index in [1.165, 1.54) is 11.2 Å². The number of hydrogen-bond acceptors (Lipinski definition) is 6. The third kappa shape index (κ3) is 4.27. The third-order valence-corrected chi connectivity index (χ3v) is 4.56. The molecular formula is C15H22F3N5O. The fraction of sp³-hybridized carbons (Fsp3) is 0.733. The lowest BCUT2D eigenvalue weighted by Crippen LogP contribution is -2.34. The average molecular weight is 345 g/mol. The van der Waals surface area contributed by atoms with E-state index in [4.69, 9.17) is 0 Å². The van der Waals surface area contributed by atoms with Crippen molar-refractivity contribution in [2.45, 2.75) is 37.5 Å². The zero-order valence-electron chi connectivity index (χ0n) is 13.3. The van der Waals surface area contributed by atoms with Gasteiger partial charge in [-0.3, -0.25) is 4.90 Å². The second-order valence-electron chi connectivity index (χ2n) is 6.41. The Bertz CT molecular complexity index is 556. The lowest BCUT2D eigenvalue weighted by atomic mass is 10.2. The van der Waals surface area contributed by atoms with Crippen LogP contribution in [0.4, 0.5) is 24.8 Å². The molecular weight excluding hydrogens is 323 g/mol. The van der Waals surface area contributed by atoms with Gasteiger partial charge in [0.2, 0.25) is 0 Å². The minimum absolute atomic E-state index is 0.0534. The standard InChI is InChI=1S/C15H22F3N5O/c16-15(17,18)9-22-5-3-11(7-22)21-13-6-14(20-10-19-13)23-4-1-2-12(23)8-24/h6,10-12,24H,1-5,7-9H2,(H,19,20,21)/t11-,12-/m1/s1. The zero-order chi connectivity index (χ0) is 17.2. The number of likely N-dealkylation sites (tertiary alicyclic amines) is 1. The van der Waals surface area contributed by atoms with E-state index in [1.54, 1.807) is 6.07 Å². The first-order valence-electron chi connectivity index (χ1n) is 8.20. The molecule has 2 atom stereocenters. The number of nitrogens with one attached hydrogen (secondary N) is 1. The molecule has 0 aromatic carbocycles. The van der Waals surface area contributed by atoms with Crippen LogP contribution in [0, 0.1) is 0 Å². The van der Waals surface area contributed by atoms with Gasteiger partial charge in [0, 0.05) is 31.7 Å². The highest BCUT2D eigenvalue weighted by atomic mass is 19.4. The summed E-state index contributed by atoms with van der Waals surface area (Å²) in [4.78, 5) is 11.9. The molecule has 24 heavy (non-hydrogen) atoms. The lowest BCUT2D eigenvalue weighted by Gasteiger charge is -2.24. The van der Waals surface area contributed by atoms with Crippen molar-refractivity contribution in [1.82, 2.24) is 14.9 Å². The first-order valence-corrected chi connectivity index (χ1v) is 8.20. The Morgan fingerprint density at radius 2 is 2.08 bits per heavy atom. The van der Waals surface area contributed by atoms with E-state index >= 15 is 0 Å². The summed E-state index contributed by atoms with van der Waals surface area (Å²) in [5.41, 5.74) is 0. The Balaban J connectivity index is 1.59.